The highest BCUT2D eigenvalue weighted by Crippen LogP contribution is 2.34. The van der Waals surface area contributed by atoms with Crippen LogP contribution in [0.15, 0.2) is 66.7 Å². The number of nitrogens with zero attached hydrogens (tertiary/aromatic N) is 1. The van der Waals surface area contributed by atoms with Crippen molar-refractivity contribution >= 4 is 23.5 Å². The predicted octanol–water partition coefficient (Wildman–Crippen LogP) is 7.96. The summed E-state index contributed by atoms with van der Waals surface area (Å²) in [5.74, 6) is -0.286. The molecule has 0 atom stereocenters. The van der Waals surface area contributed by atoms with Gasteiger partial charge in [-0.05, 0) is 85.5 Å². The van der Waals surface area contributed by atoms with E-state index < -0.39 is 11.9 Å². The zero-order valence-corrected chi connectivity index (χ0v) is 24.3. The molecule has 7 heteroatoms. The Bertz CT molecular complexity index is 1290. The average Bonchev–Trinajstić information content (AvgIpc) is 2.98. The molecule has 0 heterocycles. The lowest BCUT2D eigenvalue weighted by Crippen LogP contribution is -2.27. The van der Waals surface area contributed by atoms with E-state index in [9.17, 15) is 14.7 Å². The Morgan fingerprint density at radius 1 is 0.878 bits per heavy atom. The van der Waals surface area contributed by atoms with Crippen LogP contribution < -0.4 is 4.74 Å². The quantitative estimate of drug-likeness (QED) is 0.178. The van der Waals surface area contributed by atoms with Crippen molar-refractivity contribution in [3.8, 4) is 5.75 Å². The number of aromatic carboxylic acids is 1. The van der Waals surface area contributed by atoms with Gasteiger partial charge in [0, 0.05) is 30.1 Å². The van der Waals surface area contributed by atoms with Crippen LogP contribution in [0.25, 0.3) is 0 Å². The number of rotatable bonds is 15. The molecule has 0 radical (unpaired) electrons. The molecule has 1 fully saturated rings. The van der Waals surface area contributed by atoms with Gasteiger partial charge in [-0.25, -0.2) is 4.79 Å². The third-order valence-electron chi connectivity index (χ3n) is 7.93. The molecule has 1 aliphatic rings. The summed E-state index contributed by atoms with van der Waals surface area (Å²) in [7, 11) is 0. The standard InChI is InChI=1S/C34H40ClNO5/c35-31-22-29(26-8-2-1-3-9-26)17-18-30(31)24-41-32-11-5-4-10-27(32)19-21-36(20-7-6-12-33(37)38)23-25-13-15-28(16-14-25)34(39)40/h4-5,10-11,13-18,22,26H,1-3,6-9,12,19-21,23-24H2,(H,37,38)(H,39,40). The van der Waals surface area contributed by atoms with E-state index in [2.05, 4.69) is 29.2 Å². The van der Waals surface area contributed by atoms with Crippen molar-refractivity contribution in [2.75, 3.05) is 13.1 Å². The molecular weight excluding hydrogens is 538 g/mol. The summed E-state index contributed by atoms with van der Waals surface area (Å²) in [4.78, 5) is 24.5. The molecule has 41 heavy (non-hydrogen) atoms. The number of carboxylic acid groups (broad SMARTS) is 2. The minimum absolute atomic E-state index is 0.155. The van der Waals surface area contributed by atoms with Crippen LogP contribution in [0.5, 0.6) is 5.75 Å². The number of aliphatic carboxylic acids is 1. The fourth-order valence-corrected chi connectivity index (χ4v) is 5.79. The molecule has 3 aromatic rings. The maximum absolute atomic E-state index is 11.2. The Morgan fingerprint density at radius 2 is 1.63 bits per heavy atom. The highest BCUT2D eigenvalue weighted by atomic mass is 35.5. The van der Waals surface area contributed by atoms with Gasteiger partial charge in [0.25, 0.3) is 0 Å². The number of hydrogen-bond acceptors (Lipinski definition) is 4. The summed E-state index contributed by atoms with van der Waals surface area (Å²) in [5.41, 5.74) is 4.69. The maximum atomic E-state index is 11.2. The topological polar surface area (TPSA) is 87.1 Å². The molecule has 0 aliphatic heterocycles. The van der Waals surface area contributed by atoms with Crippen LogP contribution in [-0.4, -0.2) is 40.1 Å². The SMILES string of the molecule is O=C(O)CCCCN(CCc1ccccc1OCc1ccc(C2CCCCC2)cc1Cl)Cc1ccc(C(=O)O)cc1. The Labute approximate surface area is 247 Å². The monoisotopic (exact) mass is 577 g/mol. The summed E-state index contributed by atoms with van der Waals surface area (Å²) in [5, 5.41) is 19.0. The number of unbranched alkanes of at least 4 members (excludes halogenated alkanes) is 1. The van der Waals surface area contributed by atoms with Gasteiger partial charge in [-0.2, -0.15) is 0 Å². The second-order valence-corrected chi connectivity index (χ2v) is 11.4. The van der Waals surface area contributed by atoms with Crippen LogP contribution in [0.4, 0.5) is 0 Å². The zero-order valence-electron chi connectivity index (χ0n) is 23.6. The fourth-order valence-electron chi connectivity index (χ4n) is 5.55. The first-order valence-electron chi connectivity index (χ1n) is 14.6. The van der Waals surface area contributed by atoms with Crippen LogP contribution in [0.2, 0.25) is 5.02 Å². The Kier molecular flexibility index (Phi) is 11.6. The number of carboxylic acids is 2. The van der Waals surface area contributed by atoms with Gasteiger partial charge in [0.2, 0.25) is 0 Å². The molecule has 0 unspecified atom stereocenters. The van der Waals surface area contributed by atoms with Gasteiger partial charge >= 0.3 is 11.9 Å². The first kappa shape index (κ1) is 30.6. The van der Waals surface area contributed by atoms with Crippen LogP contribution in [0.3, 0.4) is 0 Å². The largest absolute Gasteiger partial charge is 0.489 e. The van der Waals surface area contributed by atoms with Gasteiger partial charge in [0.15, 0.2) is 0 Å². The summed E-state index contributed by atoms with van der Waals surface area (Å²) in [6, 6.07) is 21.4. The second-order valence-electron chi connectivity index (χ2n) is 11.0. The molecule has 0 saturated heterocycles. The van der Waals surface area contributed by atoms with Crippen LogP contribution in [0, 0.1) is 0 Å². The minimum atomic E-state index is -0.944. The van der Waals surface area contributed by atoms with Gasteiger partial charge < -0.3 is 14.9 Å². The smallest absolute Gasteiger partial charge is 0.335 e. The van der Waals surface area contributed by atoms with E-state index in [-0.39, 0.29) is 12.0 Å². The molecule has 2 N–H and O–H groups in total. The molecule has 0 aromatic heterocycles. The maximum Gasteiger partial charge on any atom is 0.335 e. The van der Waals surface area contributed by atoms with Crippen molar-refractivity contribution < 1.29 is 24.5 Å². The fraction of sp³-hybridized carbons (Fsp3) is 0.412. The van der Waals surface area contributed by atoms with Crippen LogP contribution in [-0.2, 0) is 24.4 Å². The van der Waals surface area contributed by atoms with E-state index in [0.717, 1.165) is 53.4 Å². The number of benzene rings is 3. The lowest BCUT2D eigenvalue weighted by atomic mass is 9.84. The highest BCUT2D eigenvalue weighted by Gasteiger charge is 2.17. The molecule has 0 bridgehead atoms. The van der Waals surface area contributed by atoms with Gasteiger partial charge in [0.05, 0.1) is 5.56 Å². The Hall–Kier alpha value is -3.35. The van der Waals surface area contributed by atoms with Crippen molar-refractivity contribution in [1.82, 2.24) is 4.90 Å². The van der Waals surface area contributed by atoms with Gasteiger partial charge in [-0.15, -0.1) is 0 Å². The zero-order chi connectivity index (χ0) is 29.0. The molecule has 1 aliphatic carbocycles. The van der Waals surface area contributed by atoms with Crippen molar-refractivity contribution in [3.05, 3.63) is 99.6 Å². The highest BCUT2D eigenvalue weighted by molar-refractivity contribution is 6.31. The Balaban J connectivity index is 1.38. The average molecular weight is 578 g/mol. The number of para-hydroxylation sites is 1. The van der Waals surface area contributed by atoms with Gasteiger partial charge in [0.1, 0.15) is 12.4 Å². The summed E-state index contributed by atoms with van der Waals surface area (Å²) in [6.07, 6.45) is 8.70. The molecule has 0 amide bonds. The molecule has 3 aromatic carbocycles. The van der Waals surface area contributed by atoms with E-state index >= 15 is 0 Å². The summed E-state index contributed by atoms with van der Waals surface area (Å²) < 4.78 is 6.28. The first-order chi connectivity index (χ1) is 19.9. The molecular formula is C34H40ClNO5. The van der Waals surface area contributed by atoms with E-state index in [1.54, 1.807) is 12.1 Å². The van der Waals surface area contributed by atoms with Crippen LogP contribution >= 0.6 is 11.6 Å². The predicted molar refractivity (Wildman–Crippen MR) is 162 cm³/mol. The minimum Gasteiger partial charge on any atom is -0.489 e. The van der Waals surface area contributed by atoms with E-state index in [1.165, 1.54) is 37.7 Å². The number of carbonyl (C=O) groups is 2. The van der Waals surface area contributed by atoms with Crippen molar-refractivity contribution in [3.63, 3.8) is 0 Å². The third-order valence-corrected chi connectivity index (χ3v) is 8.28. The van der Waals surface area contributed by atoms with Crippen molar-refractivity contribution in [1.29, 1.82) is 0 Å². The number of hydrogen-bond donors (Lipinski definition) is 2. The lowest BCUT2D eigenvalue weighted by Gasteiger charge is -2.23. The number of ether oxygens (including phenoxy) is 1. The summed E-state index contributed by atoms with van der Waals surface area (Å²) in [6.45, 7) is 2.56. The normalized spacial score (nSPS) is 13.8. The lowest BCUT2D eigenvalue weighted by molar-refractivity contribution is -0.137. The molecule has 6 nitrogen and oxygen atoms in total. The molecule has 1 saturated carbocycles. The molecule has 4 rings (SSSR count). The van der Waals surface area contributed by atoms with E-state index in [4.69, 9.17) is 21.4 Å². The second kappa shape index (κ2) is 15.6. The molecule has 0 spiro atoms. The van der Waals surface area contributed by atoms with Crippen molar-refractivity contribution in [2.24, 2.45) is 0 Å². The molecule has 218 valence electrons. The van der Waals surface area contributed by atoms with Crippen molar-refractivity contribution in [2.45, 2.75) is 76.9 Å². The summed E-state index contributed by atoms with van der Waals surface area (Å²) >= 11 is 6.69. The van der Waals surface area contributed by atoms with Gasteiger partial charge in [-0.3, -0.25) is 9.69 Å². The van der Waals surface area contributed by atoms with E-state index in [0.29, 0.717) is 25.5 Å². The van der Waals surface area contributed by atoms with E-state index in [1.807, 2.05) is 30.3 Å². The van der Waals surface area contributed by atoms with Gasteiger partial charge in [-0.1, -0.05) is 73.3 Å². The first-order valence-corrected chi connectivity index (χ1v) is 15.0. The van der Waals surface area contributed by atoms with Crippen LogP contribution in [0.1, 0.15) is 89.9 Å². The third kappa shape index (κ3) is 9.61. The Morgan fingerprint density at radius 3 is 2.34 bits per heavy atom. The number of halogens is 1.